The van der Waals surface area contributed by atoms with E-state index in [9.17, 15) is 14.0 Å². The molecule has 4 heterocycles. The van der Waals surface area contributed by atoms with E-state index in [4.69, 9.17) is 0 Å². The third-order valence-electron chi connectivity index (χ3n) is 7.70. The number of halogens is 1. The van der Waals surface area contributed by atoms with Gasteiger partial charge in [0.1, 0.15) is 5.82 Å². The number of nitrogens with zero attached hydrogens (tertiary/aromatic N) is 4. The van der Waals surface area contributed by atoms with Crippen molar-refractivity contribution in [1.82, 2.24) is 25.0 Å². The van der Waals surface area contributed by atoms with E-state index in [1.165, 1.54) is 6.07 Å². The van der Waals surface area contributed by atoms with Crippen molar-refractivity contribution in [2.45, 2.75) is 31.8 Å². The lowest BCUT2D eigenvalue weighted by atomic mass is 9.92. The Kier molecular flexibility index (Phi) is 6.26. The Morgan fingerprint density at radius 3 is 2.76 bits per heavy atom. The Morgan fingerprint density at radius 1 is 1.05 bits per heavy atom. The van der Waals surface area contributed by atoms with Crippen LogP contribution in [0.25, 0.3) is 10.8 Å². The van der Waals surface area contributed by atoms with Gasteiger partial charge in [0.05, 0.1) is 16.6 Å². The minimum absolute atomic E-state index is 0.0867. The number of hydrogen-bond donors (Lipinski definition) is 1. The summed E-state index contributed by atoms with van der Waals surface area (Å²) in [5.74, 6) is -0.401. The molecule has 37 heavy (non-hydrogen) atoms. The van der Waals surface area contributed by atoms with E-state index in [2.05, 4.69) is 26.1 Å². The number of pyridine rings is 1. The Balaban J connectivity index is 1.22. The molecule has 1 amide bonds. The number of H-pyrrole nitrogens is 1. The Morgan fingerprint density at radius 2 is 1.92 bits per heavy atom. The lowest BCUT2D eigenvalue weighted by molar-refractivity contribution is 0.0769. The molecular weight excluding hydrogens is 469 g/mol. The number of piperidine rings is 1. The van der Waals surface area contributed by atoms with Gasteiger partial charge in [0.2, 0.25) is 0 Å². The van der Waals surface area contributed by atoms with Crippen LogP contribution in [-0.4, -0.2) is 56.6 Å². The number of likely N-dealkylation sites (tertiary alicyclic amines) is 2. The van der Waals surface area contributed by atoms with Gasteiger partial charge in [-0.3, -0.25) is 19.5 Å². The summed E-state index contributed by atoms with van der Waals surface area (Å²) in [7, 11) is 0. The number of benzene rings is 2. The normalized spacial score (nSPS) is 19.8. The second-order valence-electron chi connectivity index (χ2n) is 10.0. The van der Waals surface area contributed by atoms with Gasteiger partial charge in [0.25, 0.3) is 11.5 Å². The van der Waals surface area contributed by atoms with E-state index in [0.717, 1.165) is 42.4 Å². The van der Waals surface area contributed by atoms with Gasteiger partial charge in [-0.1, -0.05) is 30.3 Å². The molecule has 2 unspecified atom stereocenters. The molecule has 8 heteroatoms. The molecule has 2 aromatic heterocycles. The summed E-state index contributed by atoms with van der Waals surface area (Å²) in [4.78, 5) is 34.1. The summed E-state index contributed by atoms with van der Waals surface area (Å²) in [6.07, 6.45) is 6.21. The van der Waals surface area contributed by atoms with Gasteiger partial charge in [-0.05, 0) is 60.7 Å². The summed E-state index contributed by atoms with van der Waals surface area (Å²) >= 11 is 0. The number of fused-ring (bicyclic) bond motifs is 2. The quantitative estimate of drug-likeness (QED) is 0.454. The maximum atomic E-state index is 14.9. The summed E-state index contributed by atoms with van der Waals surface area (Å²) in [6.45, 7) is 3.03. The first-order valence-corrected chi connectivity index (χ1v) is 12.7. The predicted octanol–water partition coefficient (Wildman–Crippen LogP) is 3.78. The van der Waals surface area contributed by atoms with E-state index in [0.29, 0.717) is 36.5 Å². The number of aromatic nitrogens is 3. The summed E-state index contributed by atoms with van der Waals surface area (Å²) in [5.41, 5.74) is 2.45. The van der Waals surface area contributed by atoms with Gasteiger partial charge in [0, 0.05) is 49.9 Å². The molecule has 0 aliphatic carbocycles. The van der Waals surface area contributed by atoms with Crippen LogP contribution in [0.2, 0.25) is 0 Å². The van der Waals surface area contributed by atoms with Gasteiger partial charge in [-0.2, -0.15) is 5.10 Å². The summed E-state index contributed by atoms with van der Waals surface area (Å²) < 4.78 is 14.9. The molecule has 2 saturated heterocycles. The fraction of sp³-hybridized carbons (Fsp3) is 0.310. The fourth-order valence-electron chi connectivity index (χ4n) is 5.88. The average Bonchev–Trinajstić information content (AvgIpc) is 3.37. The van der Waals surface area contributed by atoms with Crippen LogP contribution in [0.4, 0.5) is 4.39 Å². The van der Waals surface area contributed by atoms with Crippen LogP contribution in [-0.2, 0) is 13.0 Å². The third-order valence-corrected chi connectivity index (χ3v) is 7.70. The van der Waals surface area contributed by atoms with Gasteiger partial charge in [0.15, 0.2) is 0 Å². The zero-order valence-electron chi connectivity index (χ0n) is 20.4. The van der Waals surface area contributed by atoms with E-state index < -0.39 is 5.82 Å². The van der Waals surface area contributed by atoms with Crippen LogP contribution >= 0.6 is 0 Å². The summed E-state index contributed by atoms with van der Waals surface area (Å²) in [6, 6.07) is 16.2. The monoisotopic (exact) mass is 497 g/mol. The third kappa shape index (κ3) is 4.64. The van der Waals surface area contributed by atoms with Crippen molar-refractivity contribution in [2.75, 3.05) is 19.6 Å². The van der Waals surface area contributed by atoms with Gasteiger partial charge in [-0.15, -0.1) is 0 Å². The van der Waals surface area contributed by atoms with Gasteiger partial charge >= 0.3 is 0 Å². The second-order valence-corrected chi connectivity index (χ2v) is 10.0. The second kappa shape index (κ2) is 9.86. The molecule has 0 saturated carbocycles. The molecule has 0 bridgehead atoms. The highest BCUT2D eigenvalue weighted by Gasteiger charge is 2.41. The molecular formula is C29H28FN5O2. The predicted molar refractivity (Wildman–Crippen MR) is 139 cm³/mol. The van der Waals surface area contributed by atoms with Crippen LogP contribution in [0.1, 0.15) is 40.0 Å². The van der Waals surface area contributed by atoms with Crippen LogP contribution in [0.3, 0.4) is 0 Å². The Labute approximate surface area is 214 Å². The number of rotatable bonds is 5. The van der Waals surface area contributed by atoms with E-state index in [1.54, 1.807) is 24.4 Å². The molecule has 6 rings (SSSR count). The number of nitrogens with one attached hydrogen (secondary N) is 1. The number of amides is 1. The first kappa shape index (κ1) is 23.5. The van der Waals surface area contributed by atoms with Crippen molar-refractivity contribution in [2.24, 2.45) is 5.92 Å². The molecule has 2 atom stereocenters. The van der Waals surface area contributed by atoms with Crippen molar-refractivity contribution in [3.8, 4) is 0 Å². The molecule has 0 spiro atoms. The highest BCUT2D eigenvalue weighted by molar-refractivity contribution is 5.95. The number of carbonyl (C=O) groups is 1. The van der Waals surface area contributed by atoms with Crippen molar-refractivity contribution in [3.63, 3.8) is 0 Å². The van der Waals surface area contributed by atoms with Gasteiger partial charge in [-0.25, -0.2) is 9.49 Å². The topological polar surface area (TPSA) is 82.2 Å². The van der Waals surface area contributed by atoms with Crippen LogP contribution in [0.5, 0.6) is 0 Å². The lowest BCUT2D eigenvalue weighted by Gasteiger charge is -2.36. The Hall–Kier alpha value is -3.91. The van der Waals surface area contributed by atoms with E-state index >= 15 is 0 Å². The first-order chi connectivity index (χ1) is 18.1. The van der Waals surface area contributed by atoms with E-state index in [1.807, 2.05) is 35.4 Å². The first-order valence-electron chi connectivity index (χ1n) is 12.7. The van der Waals surface area contributed by atoms with Crippen molar-refractivity contribution in [3.05, 3.63) is 106 Å². The molecule has 2 aliphatic rings. The van der Waals surface area contributed by atoms with E-state index in [-0.39, 0.29) is 23.1 Å². The molecule has 2 aromatic carbocycles. The lowest BCUT2D eigenvalue weighted by Crippen LogP contribution is -2.44. The minimum atomic E-state index is -0.518. The zero-order valence-corrected chi connectivity index (χ0v) is 20.4. The fourth-order valence-corrected chi connectivity index (χ4v) is 5.88. The molecule has 0 radical (unpaired) electrons. The molecule has 4 aromatic rings. The van der Waals surface area contributed by atoms with Crippen molar-refractivity contribution in [1.29, 1.82) is 0 Å². The maximum Gasteiger partial charge on any atom is 0.272 e. The smallest absolute Gasteiger partial charge is 0.272 e. The minimum Gasteiger partial charge on any atom is -0.337 e. The number of aromatic amines is 1. The number of carbonyl (C=O) groups excluding carboxylic acids is 1. The average molecular weight is 498 g/mol. The number of hydrogen-bond acceptors (Lipinski definition) is 5. The molecule has 1 N–H and O–H groups in total. The van der Waals surface area contributed by atoms with Gasteiger partial charge < -0.3 is 4.90 Å². The molecule has 7 nitrogen and oxygen atoms in total. The maximum absolute atomic E-state index is 14.9. The molecule has 188 valence electrons. The van der Waals surface area contributed by atoms with Crippen molar-refractivity contribution < 1.29 is 9.18 Å². The van der Waals surface area contributed by atoms with Crippen LogP contribution in [0, 0.1) is 11.7 Å². The SMILES string of the molecule is O=C(c1cc(Cc2n[nH]c(=O)c3ccccc23)ccc1F)N1CC2CCCN(Cc3cccnc3)C2C1. The standard InChI is InChI=1S/C29H28FN5O2/c30-25-10-9-19(14-26-22-7-1-2-8-23(22)28(36)33-32-26)13-24(25)29(37)35-17-21-6-4-12-34(27(21)18-35)16-20-5-3-11-31-15-20/h1-3,5,7-11,13,15,21,27H,4,6,12,14,16-18H2,(H,33,36). The zero-order chi connectivity index (χ0) is 25.4. The van der Waals surface area contributed by atoms with Crippen LogP contribution in [0.15, 0.2) is 71.8 Å². The Bertz CT molecular complexity index is 1510. The molecule has 2 aliphatic heterocycles. The highest BCUT2D eigenvalue weighted by atomic mass is 19.1. The summed E-state index contributed by atoms with van der Waals surface area (Å²) in [5, 5.41) is 8.08. The van der Waals surface area contributed by atoms with Crippen LogP contribution < -0.4 is 5.56 Å². The van der Waals surface area contributed by atoms with Crippen molar-refractivity contribution >= 4 is 16.7 Å². The highest BCUT2D eigenvalue weighted by Crippen LogP contribution is 2.33. The largest absolute Gasteiger partial charge is 0.337 e. The molecule has 2 fully saturated rings.